The summed E-state index contributed by atoms with van der Waals surface area (Å²) >= 11 is 0. The van der Waals surface area contributed by atoms with E-state index in [1.807, 2.05) is 6.08 Å². The van der Waals surface area contributed by atoms with Crippen molar-refractivity contribution in [1.29, 1.82) is 0 Å². The molecule has 1 aromatic heterocycles. The average Bonchev–Trinajstić information content (AvgIpc) is 2.52. The van der Waals surface area contributed by atoms with E-state index in [-0.39, 0.29) is 29.8 Å². The van der Waals surface area contributed by atoms with E-state index in [1.54, 1.807) is 6.07 Å². The van der Waals surface area contributed by atoms with Crippen molar-refractivity contribution in [2.45, 2.75) is 25.9 Å². The van der Waals surface area contributed by atoms with Gasteiger partial charge in [-0.05, 0) is 31.4 Å². The molecule has 1 aliphatic rings. The molecule has 1 aromatic carbocycles. The number of ether oxygens (including phenoxy) is 1. The molecule has 0 aliphatic heterocycles. The molecule has 2 aromatic rings. The lowest BCUT2D eigenvalue weighted by molar-refractivity contribution is -0.150. The number of allylic oxidation sites excluding steroid dienone is 2. The monoisotopic (exact) mass is 300 g/mol. The molecule has 0 saturated carbocycles. The van der Waals surface area contributed by atoms with Crippen LogP contribution in [0.4, 0.5) is 0 Å². The third-order valence-electron chi connectivity index (χ3n) is 3.79. The van der Waals surface area contributed by atoms with Crippen molar-refractivity contribution < 1.29 is 19.1 Å². The second-order valence-electron chi connectivity index (χ2n) is 5.36. The zero-order chi connectivity index (χ0) is 15.5. The predicted molar refractivity (Wildman–Crippen MR) is 80.4 cm³/mol. The number of hydrogen-bond acceptors (Lipinski definition) is 5. The molecule has 1 atom stereocenters. The summed E-state index contributed by atoms with van der Waals surface area (Å²) in [5.74, 6) is -0.344. The highest BCUT2D eigenvalue weighted by molar-refractivity contribution is 5.81. The van der Waals surface area contributed by atoms with E-state index in [0.29, 0.717) is 17.4 Å². The molecule has 1 N–H and O–H groups in total. The van der Waals surface area contributed by atoms with Crippen LogP contribution in [0.2, 0.25) is 0 Å². The van der Waals surface area contributed by atoms with Crippen LogP contribution in [0.5, 0.6) is 5.75 Å². The Kier molecular flexibility index (Phi) is 3.96. The predicted octanol–water partition coefficient (Wildman–Crippen LogP) is 2.90. The summed E-state index contributed by atoms with van der Waals surface area (Å²) in [6.45, 7) is 0.0198. The van der Waals surface area contributed by atoms with E-state index in [9.17, 15) is 14.7 Å². The number of benzene rings is 1. The molecular formula is C17H16O5. The molecule has 0 unspecified atom stereocenters. The number of fused-ring (bicyclic) bond motifs is 1. The van der Waals surface area contributed by atoms with Gasteiger partial charge in [0, 0.05) is 23.1 Å². The van der Waals surface area contributed by atoms with Crippen LogP contribution in [0.15, 0.2) is 45.6 Å². The number of esters is 1. The van der Waals surface area contributed by atoms with Crippen LogP contribution in [0, 0.1) is 5.92 Å². The Morgan fingerprint density at radius 3 is 2.95 bits per heavy atom. The number of phenolic OH excluding ortho intramolecular Hbond substituents is 1. The molecular weight excluding hydrogens is 284 g/mol. The molecule has 5 nitrogen and oxygen atoms in total. The number of phenols is 1. The number of hydrogen-bond donors (Lipinski definition) is 1. The Hall–Kier alpha value is -2.56. The third-order valence-corrected chi connectivity index (χ3v) is 3.79. The van der Waals surface area contributed by atoms with E-state index < -0.39 is 5.63 Å². The van der Waals surface area contributed by atoms with E-state index >= 15 is 0 Å². The zero-order valence-electron chi connectivity index (χ0n) is 12.0. The van der Waals surface area contributed by atoms with Gasteiger partial charge in [0.15, 0.2) is 0 Å². The lowest BCUT2D eigenvalue weighted by Crippen LogP contribution is -2.19. The summed E-state index contributed by atoms with van der Waals surface area (Å²) in [5.41, 5.74) is 0.315. The molecule has 114 valence electrons. The number of aromatic hydroxyl groups is 1. The van der Waals surface area contributed by atoms with Gasteiger partial charge in [-0.3, -0.25) is 4.79 Å². The Balaban J connectivity index is 1.80. The summed E-state index contributed by atoms with van der Waals surface area (Å²) in [4.78, 5) is 23.6. The summed E-state index contributed by atoms with van der Waals surface area (Å²) in [6, 6.07) is 5.82. The zero-order valence-corrected chi connectivity index (χ0v) is 12.0. The van der Waals surface area contributed by atoms with Crippen molar-refractivity contribution in [2.24, 2.45) is 5.92 Å². The van der Waals surface area contributed by atoms with Crippen LogP contribution in [-0.4, -0.2) is 11.1 Å². The van der Waals surface area contributed by atoms with Gasteiger partial charge < -0.3 is 14.3 Å². The normalized spacial score (nSPS) is 17.5. The molecule has 1 aliphatic carbocycles. The molecule has 0 fully saturated rings. The highest BCUT2D eigenvalue weighted by atomic mass is 16.5. The minimum Gasteiger partial charge on any atom is -0.508 e. The first-order chi connectivity index (χ1) is 10.6. The first-order valence-corrected chi connectivity index (χ1v) is 7.21. The fraction of sp³-hybridized carbons (Fsp3) is 0.294. The van der Waals surface area contributed by atoms with Crippen molar-refractivity contribution in [3.63, 3.8) is 0 Å². The maximum atomic E-state index is 12.0. The molecule has 3 rings (SSSR count). The first kappa shape index (κ1) is 14.4. The molecule has 0 amide bonds. The maximum Gasteiger partial charge on any atom is 0.336 e. The van der Waals surface area contributed by atoms with Gasteiger partial charge in [-0.2, -0.15) is 0 Å². The largest absolute Gasteiger partial charge is 0.508 e. The van der Waals surface area contributed by atoms with E-state index in [2.05, 4.69) is 6.08 Å². The van der Waals surface area contributed by atoms with Crippen LogP contribution in [0.3, 0.4) is 0 Å². The second-order valence-corrected chi connectivity index (χ2v) is 5.36. The van der Waals surface area contributed by atoms with Crippen molar-refractivity contribution in [3.8, 4) is 5.75 Å². The summed E-state index contributed by atoms with van der Waals surface area (Å²) in [5, 5.41) is 10.1. The van der Waals surface area contributed by atoms with Gasteiger partial charge in [0.1, 0.15) is 17.9 Å². The topological polar surface area (TPSA) is 76.7 Å². The minimum absolute atomic E-state index is 0.0128. The molecule has 0 radical (unpaired) electrons. The maximum absolute atomic E-state index is 12.0. The standard InChI is InChI=1S/C17H16O5/c18-13-6-7-14-12(8-16(19)22-15(14)9-13)10-21-17(20)11-4-2-1-3-5-11/h1-2,6-9,11,18H,3-5,10H2/t11-/m0/s1. The third kappa shape index (κ3) is 3.03. The van der Waals surface area contributed by atoms with Crippen LogP contribution in [0.1, 0.15) is 24.8 Å². The van der Waals surface area contributed by atoms with Gasteiger partial charge in [0.2, 0.25) is 0 Å². The summed E-state index contributed by atoms with van der Waals surface area (Å²) in [6.07, 6.45) is 6.43. The SMILES string of the molecule is O=C(OCc1cc(=O)oc2cc(O)ccc12)[C@H]1CC=CCC1. The number of carbonyl (C=O) groups excluding carboxylic acids is 1. The van der Waals surface area contributed by atoms with Gasteiger partial charge in [-0.25, -0.2) is 4.79 Å². The van der Waals surface area contributed by atoms with Gasteiger partial charge in [-0.15, -0.1) is 0 Å². The summed E-state index contributed by atoms with van der Waals surface area (Å²) < 4.78 is 10.4. The van der Waals surface area contributed by atoms with E-state index in [4.69, 9.17) is 9.15 Å². The van der Waals surface area contributed by atoms with E-state index in [1.165, 1.54) is 18.2 Å². The van der Waals surface area contributed by atoms with Crippen LogP contribution < -0.4 is 5.63 Å². The number of carbonyl (C=O) groups is 1. The van der Waals surface area contributed by atoms with E-state index in [0.717, 1.165) is 12.8 Å². The lowest BCUT2D eigenvalue weighted by atomic mass is 9.95. The Morgan fingerprint density at radius 1 is 1.32 bits per heavy atom. The summed E-state index contributed by atoms with van der Waals surface area (Å²) in [7, 11) is 0. The number of rotatable bonds is 3. The molecule has 0 bridgehead atoms. The van der Waals surface area contributed by atoms with Gasteiger partial charge >= 0.3 is 11.6 Å². The smallest absolute Gasteiger partial charge is 0.336 e. The molecule has 1 heterocycles. The Labute approximate surface area is 126 Å². The van der Waals surface area contributed by atoms with Crippen molar-refractivity contribution >= 4 is 16.9 Å². The average molecular weight is 300 g/mol. The Bertz CT molecular complexity index is 787. The molecule has 22 heavy (non-hydrogen) atoms. The van der Waals surface area contributed by atoms with Crippen molar-refractivity contribution in [3.05, 3.63) is 52.4 Å². The Morgan fingerprint density at radius 2 is 2.18 bits per heavy atom. The van der Waals surface area contributed by atoms with Crippen LogP contribution >= 0.6 is 0 Å². The molecule has 5 heteroatoms. The molecule has 0 spiro atoms. The highest BCUT2D eigenvalue weighted by Crippen LogP contribution is 2.24. The van der Waals surface area contributed by atoms with Crippen LogP contribution in [0.25, 0.3) is 11.0 Å². The quantitative estimate of drug-likeness (QED) is 0.536. The van der Waals surface area contributed by atoms with Crippen LogP contribution in [-0.2, 0) is 16.1 Å². The minimum atomic E-state index is -0.537. The van der Waals surface area contributed by atoms with Gasteiger partial charge in [0.25, 0.3) is 0 Å². The fourth-order valence-electron chi connectivity index (χ4n) is 2.61. The fourth-order valence-corrected chi connectivity index (χ4v) is 2.61. The second kappa shape index (κ2) is 6.05. The molecule has 0 saturated heterocycles. The highest BCUT2D eigenvalue weighted by Gasteiger charge is 2.20. The first-order valence-electron chi connectivity index (χ1n) is 7.21. The van der Waals surface area contributed by atoms with Crippen molar-refractivity contribution in [1.82, 2.24) is 0 Å². The van der Waals surface area contributed by atoms with Gasteiger partial charge in [0.05, 0.1) is 5.92 Å². The van der Waals surface area contributed by atoms with Gasteiger partial charge in [-0.1, -0.05) is 12.2 Å². The van der Waals surface area contributed by atoms with Crippen molar-refractivity contribution in [2.75, 3.05) is 0 Å². The lowest BCUT2D eigenvalue weighted by Gasteiger charge is -2.16.